The molecule has 2 aromatic rings. The molecule has 2 aromatic carbocycles. The van der Waals surface area contributed by atoms with Gasteiger partial charge in [-0.2, -0.15) is 0 Å². The third-order valence-corrected chi connectivity index (χ3v) is 4.58. The fraction of sp³-hybridized carbons (Fsp3) is 0.409. The Morgan fingerprint density at radius 2 is 2.04 bits per heavy atom. The third kappa shape index (κ3) is 5.73. The summed E-state index contributed by atoms with van der Waals surface area (Å²) in [5.74, 6) is 1.33. The second-order valence-corrected chi connectivity index (χ2v) is 6.79. The van der Waals surface area contributed by atoms with E-state index in [2.05, 4.69) is 12.2 Å². The maximum atomic E-state index is 12.5. The van der Waals surface area contributed by atoms with E-state index in [0.29, 0.717) is 17.9 Å². The van der Waals surface area contributed by atoms with Gasteiger partial charge in [-0.05, 0) is 62.6 Å². The van der Waals surface area contributed by atoms with Gasteiger partial charge in [0.2, 0.25) is 0 Å². The number of carbonyl (C=O) groups excluding carboxylic acids is 1. The van der Waals surface area contributed by atoms with Gasteiger partial charge in [-0.25, -0.2) is 0 Å². The van der Waals surface area contributed by atoms with Crippen LogP contribution in [0, 0.1) is 0 Å². The van der Waals surface area contributed by atoms with Gasteiger partial charge in [0.25, 0.3) is 5.91 Å². The van der Waals surface area contributed by atoms with E-state index >= 15 is 0 Å². The molecule has 0 aromatic heterocycles. The molecule has 0 radical (unpaired) electrons. The van der Waals surface area contributed by atoms with E-state index in [9.17, 15) is 4.79 Å². The van der Waals surface area contributed by atoms with Crippen LogP contribution in [0.5, 0.6) is 11.5 Å². The summed E-state index contributed by atoms with van der Waals surface area (Å²) in [6, 6.07) is 14.6. The Bertz CT molecular complexity index is 738. The number of nitrogens with one attached hydrogen (secondary N) is 1. The molecular formula is C22H27NO4. The highest BCUT2D eigenvalue weighted by atomic mass is 16.5. The topological polar surface area (TPSA) is 56.8 Å². The maximum Gasteiger partial charge on any atom is 0.255 e. The van der Waals surface area contributed by atoms with Gasteiger partial charge in [0, 0.05) is 23.9 Å². The van der Waals surface area contributed by atoms with Gasteiger partial charge in [0.1, 0.15) is 18.1 Å². The molecule has 1 aliphatic rings. The molecule has 0 saturated carbocycles. The molecule has 5 heteroatoms. The molecule has 1 heterocycles. The van der Waals surface area contributed by atoms with Crippen molar-refractivity contribution in [2.24, 2.45) is 0 Å². The highest BCUT2D eigenvalue weighted by Gasteiger charge is 2.16. The summed E-state index contributed by atoms with van der Waals surface area (Å²) in [5, 5.41) is 2.91. The van der Waals surface area contributed by atoms with Crippen molar-refractivity contribution in [3.05, 3.63) is 54.1 Å². The Hall–Kier alpha value is -2.53. The number of rotatable bonds is 8. The smallest absolute Gasteiger partial charge is 0.255 e. The lowest BCUT2D eigenvalue weighted by molar-refractivity contribution is 0.0680. The molecule has 144 valence electrons. The van der Waals surface area contributed by atoms with Crippen LogP contribution in [0.2, 0.25) is 0 Å². The van der Waals surface area contributed by atoms with Crippen LogP contribution in [0.25, 0.3) is 0 Å². The zero-order valence-corrected chi connectivity index (χ0v) is 15.9. The van der Waals surface area contributed by atoms with Gasteiger partial charge in [-0.1, -0.05) is 13.0 Å². The third-order valence-electron chi connectivity index (χ3n) is 4.58. The fourth-order valence-corrected chi connectivity index (χ4v) is 2.83. The van der Waals surface area contributed by atoms with Gasteiger partial charge in [-0.3, -0.25) is 4.79 Å². The van der Waals surface area contributed by atoms with Crippen LogP contribution in [0.15, 0.2) is 48.5 Å². The minimum absolute atomic E-state index is 0.155. The van der Waals surface area contributed by atoms with Crippen molar-refractivity contribution in [1.82, 2.24) is 0 Å². The molecule has 27 heavy (non-hydrogen) atoms. The van der Waals surface area contributed by atoms with Crippen LogP contribution in [0.1, 0.15) is 43.5 Å². The number of amides is 1. The largest absolute Gasteiger partial charge is 0.491 e. The molecule has 0 aliphatic carbocycles. The van der Waals surface area contributed by atoms with Crippen LogP contribution < -0.4 is 14.8 Å². The summed E-state index contributed by atoms with van der Waals surface area (Å²) in [4.78, 5) is 12.5. The monoisotopic (exact) mass is 369 g/mol. The first kappa shape index (κ1) is 19.2. The van der Waals surface area contributed by atoms with E-state index in [1.54, 1.807) is 12.1 Å². The Labute approximate surface area is 160 Å². The lowest BCUT2D eigenvalue weighted by Gasteiger charge is -2.13. The SMILES string of the molecule is CCC(C)Oc1ccc(C(=O)Nc2cccc(OCC3CCCO3)c2)cc1. The van der Waals surface area contributed by atoms with Gasteiger partial charge in [-0.15, -0.1) is 0 Å². The normalized spacial score (nSPS) is 17.3. The highest BCUT2D eigenvalue weighted by molar-refractivity contribution is 6.04. The summed E-state index contributed by atoms with van der Waals surface area (Å²) in [5.41, 5.74) is 1.28. The molecule has 5 nitrogen and oxygen atoms in total. The van der Waals surface area contributed by atoms with E-state index in [0.717, 1.165) is 37.4 Å². The number of carbonyl (C=O) groups is 1. The first-order valence-corrected chi connectivity index (χ1v) is 9.56. The zero-order chi connectivity index (χ0) is 19.1. The van der Waals surface area contributed by atoms with Crippen LogP contribution in [0.3, 0.4) is 0 Å². The summed E-state index contributed by atoms with van der Waals surface area (Å²) in [7, 11) is 0. The van der Waals surface area contributed by atoms with Crippen molar-refractivity contribution in [1.29, 1.82) is 0 Å². The molecule has 3 rings (SSSR count). The van der Waals surface area contributed by atoms with Crippen molar-refractivity contribution in [2.45, 2.75) is 45.3 Å². The maximum absolute atomic E-state index is 12.5. The quantitative estimate of drug-likeness (QED) is 0.734. The first-order valence-electron chi connectivity index (χ1n) is 9.56. The second kappa shape index (κ2) is 9.42. The molecule has 1 amide bonds. The lowest BCUT2D eigenvalue weighted by atomic mass is 10.2. The van der Waals surface area contributed by atoms with Crippen LogP contribution in [0.4, 0.5) is 5.69 Å². The zero-order valence-electron chi connectivity index (χ0n) is 15.9. The van der Waals surface area contributed by atoms with Crippen LogP contribution in [-0.4, -0.2) is 31.3 Å². The van der Waals surface area contributed by atoms with Crippen molar-refractivity contribution >= 4 is 11.6 Å². The predicted octanol–water partition coefficient (Wildman–Crippen LogP) is 4.67. The first-order chi connectivity index (χ1) is 13.1. The minimum atomic E-state index is -0.165. The van der Waals surface area contributed by atoms with Crippen molar-refractivity contribution < 1.29 is 19.0 Å². The molecular weight excluding hydrogens is 342 g/mol. The van der Waals surface area contributed by atoms with E-state index in [-0.39, 0.29) is 18.1 Å². The fourth-order valence-electron chi connectivity index (χ4n) is 2.83. The molecule has 2 unspecified atom stereocenters. The van der Waals surface area contributed by atoms with Crippen molar-refractivity contribution in [3.8, 4) is 11.5 Å². The average molecular weight is 369 g/mol. The van der Waals surface area contributed by atoms with Gasteiger partial charge in [0.05, 0.1) is 12.2 Å². The molecule has 1 N–H and O–H groups in total. The van der Waals surface area contributed by atoms with Gasteiger partial charge < -0.3 is 19.5 Å². The summed E-state index contributed by atoms with van der Waals surface area (Å²) in [6.45, 7) is 5.44. The Balaban J connectivity index is 1.56. The molecule has 1 fully saturated rings. The highest BCUT2D eigenvalue weighted by Crippen LogP contribution is 2.21. The van der Waals surface area contributed by atoms with Crippen molar-refractivity contribution in [3.63, 3.8) is 0 Å². The predicted molar refractivity (Wildman–Crippen MR) is 106 cm³/mol. The summed E-state index contributed by atoms with van der Waals surface area (Å²) in [6.07, 6.45) is 3.38. The number of anilines is 1. The molecule has 0 spiro atoms. The van der Waals surface area contributed by atoms with E-state index in [1.807, 2.05) is 43.3 Å². The molecule has 0 bridgehead atoms. The average Bonchev–Trinajstić information content (AvgIpc) is 3.21. The number of ether oxygens (including phenoxy) is 3. The van der Waals surface area contributed by atoms with Crippen LogP contribution >= 0.6 is 0 Å². The Kier molecular flexibility index (Phi) is 6.71. The van der Waals surface area contributed by atoms with E-state index in [4.69, 9.17) is 14.2 Å². The number of hydrogen-bond acceptors (Lipinski definition) is 4. The molecule has 1 saturated heterocycles. The standard InChI is InChI=1S/C22H27NO4/c1-3-16(2)27-19-11-9-17(10-12-19)22(24)23-18-6-4-7-20(14-18)26-15-21-8-5-13-25-21/h4,6-7,9-12,14,16,21H,3,5,8,13,15H2,1-2H3,(H,23,24). The Morgan fingerprint density at radius 1 is 1.22 bits per heavy atom. The van der Waals surface area contributed by atoms with E-state index < -0.39 is 0 Å². The summed E-state index contributed by atoms with van der Waals surface area (Å²) >= 11 is 0. The number of hydrogen-bond donors (Lipinski definition) is 1. The lowest BCUT2D eigenvalue weighted by Crippen LogP contribution is -2.16. The number of benzene rings is 2. The second-order valence-electron chi connectivity index (χ2n) is 6.79. The molecule has 1 aliphatic heterocycles. The minimum Gasteiger partial charge on any atom is -0.491 e. The van der Waals surface area contributed by atoms with Gasteiger partial charge >= 0.3 is 0 Å². The van der Waals surface area contributed by atoms with E-state index in [1.165, 1.54) is 0 Å². The van der Waals surface area contributed by atoms with Crippen LogP contribution in [-0.2, 0) is 4.74 Å². The Morgan fingerprint density at radius 3 is 2.74 bits per heavy atom. The molecule has 2 atom stereocenters. The van der Waals surface area contributed by atoms with Crippen molar-refractivity contribution in [2.75, 3.05) is 18.5 Å². The summed E-state index contributed by atoms with van der Waals surface area (Å²) < 4.78 is 17.1. The van der Waals surface area contributed by atoms with Gasteiger partial charge in [0.15, 0.2) is 0 Å².